The molecular weight excluding hydrogens is 603 g/mol. The highest BCUT2D eigenvalue weighted by molar-refractivity contribution is 6.71. The third-order valence-electron chi connectivity index (χ3n) is 14.0. The van der Waals surface area contributed by atoms with Gasteiger partial charge >= 0.3 is 0 Å². The molecule has 11 heteroatoms. The summed E-state index contributed by atoms with van der Waals surface area (Å²) in [7, 11) is 23.2. The minimum Gasteiger partial charge on any atom is -0.312 e. The Balaban J connectivity index is 1.51. The van der Waals surface area contributed by atoms with Crippen LogP contribution >= 0.6 is 0 Å². The summed E-state index contributed by atoms with van der Waals surface area (Å²) in [6.45, 7) is 9.70. The fourth-order valence-electron chi connectivity index (χ4n) is 9.92. The molecule has 0 saturated heterocycles. The van der Waals surface area contributed by atoms with E-state index in [0.717, 1.165) is 0 Å². The van der Waals surface area contributed by atoms with Gasteiger partial charge in [0.2, 0.25) is 0 Å². The van der Waals surface area contributed by atoms with E-state index in [-0.39, 0.29) is 10.8 Å². The monoisotopic (exact) mass is 647 g/mol. The van der Waals surface area contributed by atoms with Crippen molar-refractivity contribution in [2.24, 2.45) is 0 Å². The number of anilines is 3. The van der Waals surface area contributed by atoms with E-state index in [4.69, 9.17) is 0 Å². The number of hydrogen-bond acceptors (Lipinski definition) is 1. The van der Waals surface area contributed by atoms with Gasteiger partial charge in [0.25, 0.3) is 0 Å². The van der Waals surface area contributed by atoms with Crippen LogP contribution in [0.3, 0.4) is 0 Å². The largest absolute Gasteiger partial charge is 0.312 e. The lowest BCUT2D eigenvalue weighted by Crippen LogP contribution is -2.59. The highest BCUT2D eigenvalue weighted by Crippen LogP contribution is 2.58. The summed E-state index contributed by atoms with van der Waals surface area (Å²) in [5.74, 6) is 0. The van der Waals surface area contributed by atoms with Crippen molar-refractivity contribution in [3.05, 3.63) is 89.0 Å². The Bertz CT molecular complexity index is 2430. The second-order valence-electron chi connectivity index (χ2n) is 16.9. The van der Waals surface area contributed by atoms with Crippen LogP contribution in [-0.4, -0.2) is 78.5 Å². The first-order chi connectivity index (χ1) is 24.0. The smallest absolute Gasteiger partial charge is 0.141 e. The van der Waals surface area contributed by atoms with Gasteiger partial charge in [-0.2, -0.15) is 0 Å². The summed E-state index contributed by atoms with van der Waals surface area (Å²) in [6.07, 6.45) is 0. The molecule has 0 saturated carbocycles. The van der Waals surface area contributed by atoms with E-state index in [1.165, 1.54) is 127 Å². The Morgan fingerprint density at radius 3 is 1.35 bits per heavy atom. The highest BCUT2D eigenvalue weighted by atomic mass is 15.2. The zero-order chi connectivity index (χ0) is 36.6. The lowest BCUT2D eigenvalue weighted by atomic mass is 9.60. The molecule has 0 fully saturated rings. The molecule has 0 radical (unpaired) electrons. The summed E-state index contributed by atoms with van der Waals surface area (Å²) < 4.78 is 0. The molecular formula is C40H43B10N. The third-order valence-corrected chi connectivity index (χ3v) is 14.0. The normalized spacial score (nSPS) is 14.6. The quantitative estimate of drug-likeness (QED) is 0.173. The molecule has 0 N–H and O–H groups in total. The Morgan fingerprint density at radius 2 is 0.804 bits per heavy atom. The van der Waals surface area contributed by atoms with Crippen LogP contribution in [0.25, 0.3) is 33.0 Å². The molecule has 0 amide bonds. The topological polar surface area (TPSA) is 3.24 Å². The average molecular weight is 646 g/mol. The van der Waals surface area contributed by atoms with E-state index in [9.17, 15) is 0 Å². The molecule has 0 heterocycles. The molecule has 6 aromatic rings. The summed E-state index contributed by atoms with van der Waals surface area (Å²) >= 11 is 0. The lowest BCUT2D eigenvalue weighted by molar-refractivity contribution is 0.652. The Morgan fingerprint density at radius 1 is 0.392 bits per heavy atom. The number of benzene rings is 6. The SMILES string of the molecule is Bc1c(B)c(B)c(N(c2c(B)c(B)c(B)c(B)c2B)c2cc3c(c4ccccc24)-c2cc4c(cc2C3(C)C)-c2ccccc2C4(C)C)c(B)c1B. The second kappa shape index (κ2) is 11.3. The predicted octanol–water partition coefficient (Wildman–Crippen LogP) is -6.49. The van der Waals surface area contributed by atoms with Crippen LogP contribution in [0.15, 0.2) is 66.7 Å². The molecule has 0 aliphatic heterocycles. The van der Waals surface area contributed by atoms with Gasteiger partial charge in [-0.05, 0) is 68.1 Å². The van der Waals surface area contributed by atoms with Crippen molar-refractivity contribution in [3.8, 4) is 22.3 Å². The summed E-state index contributed by atoms with van der Waals surface area (Å²) in [6, 6.07) is 25.9. The molecule has 2 aliphatic carbocycles. The minimum absolute atomic E-state index is 0.0488. The Kier molecular flexibility index (Phi) is 7.54. The van der Waals surface area contributed by atoms with Crippen molar-refractivity contribution in [1.29, 1.82) is 0 Å². The first-order valence-electron chi connectivity index (χ1n) is 18.8. The van der Waals surface area contributed by atoms with Crippen molar-refractivity contribution < 1.29 is 0 Å². The summed E-state index contributed by atoms with van der Waals surface area (Å²) in [4.78, 5) is 2.68. The van der Waals surface area contributed by atoms with E-state index in [2.05, 4.69) is 178 Å². The van der Waals surface area contributed by atoms with Crippen LogP contribution in [0.4, 0.5) is 17.1 Å². The molecule has 0 unspecified atom stereocenters. The minimum atomic E-state index is -0.182. The van der Waals surface area contributed by atoms with Gasteiger partial charge in [0.15, 0.2) is 0 Å². The highest BCUT2D eigenvalue weighted by Gasteiger charge is 2.43. The van der Waals surface area contributed by atoms with Gasteiger partial charge in [0.05, 0.1) is 5.69 Å². The van der Waals surface area contributed by atoms with Crippen LogP contribution in [0.5, 0.6) is 0 Å². The van der Waals surface area contributed by atoms with E-state index in [1.54, 1.807) is 0 Å². The van der Waals surface area contributed by atoms with Gasteiger partial charge in [0.1, 0.15) is 78.5 Å². The molecule has 0 bridgehead atoms. The summed E-state index contributed by atoms with van der Waals surface area (Å²) in [5, 5.41) is 2.63. The molecule has 6 aromatic carbocycles. The van der Waals surface area contributed by atoms with Crippen molar-refractivity contribution in [2.45, 2.75) is 38.5 Å². The van der Waals surface area contributed by atoms with Crippen LogP contribution in [0, 0.1) is 0 Å². The number of fused-ring (bicyclic) bond motifs is 8. The predicted molar refractivity (Wildman–Crippen MR) is 256 cm³/mol. The molecule has 0 spiro atoms. The fourth-order valence-corrected chi connectivity index (χ4v) is 9.92. The van der Waals surface area contributed by atoms with Gasteiger partial charge in [-0.25, -0.2) is 0 Å². The Labute approximate surface area is 314 Å². The molecule has 0 atom stereocenters. The van der Waals surface area contributed by atoms with Crippen molar-refractivity contribution in [1.82, 2.24) is 0 Å². The van der Waals surface area contributed by atoms with E-state index >= 15 is 0 Å². The third kappa shape index (κ3) is 4.42. The first-order valence-corrected chi connectivity index (χ1v) is 18.8. The molecule has 1 nitrogen and oxygen atoms in total. The zero-order valence-electron chi connectivity index (χ0n) is 33.3. The average Bonchev–Trinajstić information content (AvgIpc) is 3.48. The maximum Gasteiger partial charge on any atom is 0.141 e. The molecule has 238 valence electrons. The van der Waals surface area contributed by atoms with Gasteiger partial charge in [-0.15, -0.1) is 10.9 Å². The van der Waals surface area contributed by atoms with Crippen molar-refractivity contribution in [3.63, 3.8) is 0 Å². The van der Waals surface area contributed by atoms with Crippen LogP contribution < -0.4 is 59.5 Å². The van der Waals surface area contributed by atoms with Crippen molar-refractivity contribution in [2.75, 3.05) is 4.90 Å². The molecule has 8 rings (SSSR count). The second-order valence-corrected chi connectivity index (χ2v) is 16.9. The number of hydrogen-bond donors (Lipinski definition) is 0. The van der Waals surface area contributed by atoms with Gasteiger partial charge in [-0.1, -0.05) is 120 Å². The zero-order valence-corrected chi connectivity index (χ0v) is 33.3. The maximum absolute atomic E-state index is 2.68. The van der Waals surface area contributed by atoms with Crippen molar-refractivity contribution >= 4 is 161 Å². The van der Waals surface area contributed by atoms with Crippen LogP contribution in [0.2, 0.25) is 0 Å². The molecule has 2 aliphatic rings. The van der Waals surface area contributed by atoms with E-state index in [1.807, 2.05) is 0 Å². The van der Waals surface area contributed by atoms with Gasteiger partial charge in [-0.3, -0.25) is 0 Å². The molecule has 51 heavy (non-hydrogen) atoms. The van der Waals surface area contributed by atoms with E-state index in [0.29, 0.717) is 0 Å². The number of nitrogens with zero attached hydrogens (tertiary/aromatic N) is 1. The van der Waals surface area contributed by atoms with Gasteiger partial charge < -0.3 is 4.90 Å². The fraction of sp³-hybridized carbons (Fsp3) is 0.150. The van der Waals surface area contributed by atoms with Crippen LogP contribution in [-0.2, 0) is 10.8 Å². The van der Waals surface area contributed by atoms with E-state index < -0.39 is 0 Å². The Hall–Kier alpha value is -3.97. The van der Waals surface area contributed by atoms with Crippen LogP contribution in [0.1, 0.15) is 49.9 Å². The molecule has 0 aromatic heterocycles. The summed E-state index contributed by atoms with van der Waals surface area (Å²) in [5.41, 5.74) is 28.7. The first kappa shape index (κ1) is 34.1. The standard InChI is InChI=1S/C40H43B10N/c1-39(2)21-12-8-7-9-16(21)19-13-23-20(14-22(19)39)26-18-11-6-5-10-17(18)25(15-24(26)40(23,3)4)51(37-33(47)29(43)27(41)30(44)34(37)48)38-35(49)31(45)28(42)32(46)36(38)50/h5-15H,41-50H2,1-4H3. The lowest BCUT2D eigenvalue weighted by Gasteiger charge is -2.37. The number of rotatable bonds is 3. The van der Waals surface area contributed by atoms with Gasteiger partial charge in [0, 0.05) is 27.6 Å². The maximum atomic E-state index is 2.68.